The van der Waals surface area contributed by atoms with Gasteiger partial charge in [0.2, 0.25) is 0 Å². The van der Waals surface area contributed by atoms with Crippen molar-refractivity contribution in [2.45, 2.75) is 12.4 Å². The fourth-order valence-electron chi connectivity index (χ4n) is 2.65. The first-order valence-corrected chi connectivity index (χ1v) is 9.94. The number of alkyl halides is 6. The summed E-state index contributed by atoms with van der Waals surface area (Å²) in [5, 5.41) is 2.68. The van der Waals surface area contributed by atoms with Gasteiger partial charge in [-0.1, -0.05) is 0 Å². The number of halogens is 8. The number of carbonyl (C=O) groups is 1. The molecule has 1 heterocycles. The Kier molecular flexibility index (Phi) is 7.00. The van der Waals surface area contributed by atoms with Crippen molar-refractivity contribution in [3.05, 3.63) is 80.9 Å². The van der Waals surface area contributed by atoms with E-state index in [-0.39, 0.29) is 23.0 Å². The van der Waals surface area contributed by atoms with Crippen LogP contribution in [0.15, 0.2) is 54.9 Å². The van der Waals surface area contributed by atoms with Crippen LogP contribution in [0.1, 0.15) is 21.5 Å². The molecule has 0 aliphatic rings. The van der Waals surface area contributed by atoms with E-state index < -0.39 is 40.9 Å². The molecule has 5 nitrogen and oxygen atoms in total. The Bertz CT molecular complexity index is 1150. The lowest BCUT2D eigenvalue weighted by atomic mass is 10.1. The van der Waals surface area contributed by atoms with E-state index in [9.17, 15) is 35.5 Å². The minimum Gasteiger partial charge on any atom is -0.351 e. The zero-order valence-electron chi connectivity index (χ0n) is 16.1. The molecule has 33 heavy (non-hydrogen) atoms. The van der Waals surface area contributed by atoms with Crippen molar-refractivity contribution < 1.29 is 35.5 Å². The van der Waals surface area contributed by atoms with Crippen LogP contribution < -0.4 is 16.2 Å². The van der Waals surface area contributed by atoms with Gasteiger partial charge in [-0.3, -0.25) is 20.6 Å². The van der Waals surface area contributed by atoms with Crippen LogP contribution in [0, 0.1) is 9.39 Å². The summed E-state index contributed by atoms with van der Waals surface area (Å²) in [4.78, 5) is 16.4. The van der Waals surface area contributed by atoms with Crippen LogP contribution >= 0.6 is 22.6 Å². The predicted molar refractivity (Wildman–Crippen MR) is 114 cm³/mol. The number of hydrogen-bond acceptors (Lipinski definition) is 4. The highest BCUT2D eigenvalue weighted by molar-refractivity contribution is 14.1. The Balaban J connectivity index is 1.83. The summed E-state index contributed by atoms with van der Waals surface area (Å²) in [7, 11) is 0. The minimum absolute atomic E-state index is 0.0260. The summed E-state index contributed by atoms with van der Waals surface area (Å²) >= 11 is 1.91. The number of carbonyl (C=O) groups excluding carboxylic acids is 1. The van der Waals surface area contributed by atoms with Crippen LogP contribution in [0.25, 0.3) is 0 Å². The van der Waals surface area contributed by atoms with E-state index in [1.165, 1.54) is 30.6 Å². The predicted octanol–water partition coefficient (Wildman–Crippen LogP) is 6.36. The highest BCUT2D eigenvalue weighted by Gasteiger charge is 2.37. The SMILES string of the molecule is O=C(NNc1cc(C(F)(F)F)cc(C(F)(F)F)c1)c1ccncc1Nc1ccc(I)cc1F. The molecule has 13 heteroatoms. The van der Waals surface area contributed by atoms with Crippen LogP contribution in [0.3, 0.4) is 0 Å². The van der Waals surface area contributed by atoms with E-state index in [0.29, 0.717) is 15.7 Å². The maximum absolute atomic E-state index is 14.1. The molecule has 0 fully saturated rings. The highest BCUT2D eigenvalue weighted by Crippen LogP contribution is 2.37. The molecular formula is C20H12F7IN4O. The van der Waals surface area contributed by atoms with Crippen LogP contribution in [0.4, 0.5) is 47.8 Å². The fourth-order valence-corrected chi connectivity index (χ4v) is 3.10. The van der Waals surface area contributed by atoms with Gasteiger partial charge < -0.3 is 5.32 Å². The van der Waals surface area contributed by atoms with Crippen LogP contribution in [-0.4, -0.2) is 10.9 Å². The van der Waals surface area contributed by atoms with Crippen molar-refractivity contribution in [2.75, 3.05) is 10.7 Å². The number of pyridine rings is 1. The Morgan fingerprint density at radius 1 is 0.879 bits per heavy atom. The second kappa shape index (κ2) is 9.41. The molecule has 3 N–H and O–H groups in total. The van der Waals surface area contributed by atoms with Gasteiger partial charge >= 0.3 is 12.4 Å². The summed E-state index contributed by atoms with van der Waals surface area (Å²) in [5.74, 6) is -1.53. The van der Waals surface area contributed by atoms with Crippen LogP contribution in [0.5, 0.6) is 0 Å². The third-order valence-electron chi connectivity index (χ3n) is 4.17. The average molecular weight is 584 g/mol. The molecule has 0 aliphatic heterocycles. The van der Waals surface area contributed by atoms with Crippen molar-refractivity contribution in [3.8, 4) is 0 Å². The van der Waals surface area contributed by atoms with Crippen LogP contribution in [0.2, 0.25) is 0 Å². The quantitative estimate of drug-likeness (QED) is 0.186. The topological polar surface area (TPSA) is 66.0 Å². The highest BCUT2D eigenvalue weighted by atomic mass is 127. The molecule has 0 saturated carbocycles. The molecule has 0 spiro atoms. The lowest BCUT2D eigenvalue weighted by Crippen LogP contribution is -2.30. The van der Waals surface area contributed by atoms with Gasteiger partial charge in [0.25, 0.3) is 5.91 Å². The number of aromatic nitrogens is 1. The van der Waals surface area contributed by atoms with E-state index in [1.54, 1.807) is 6.07 Å². The smallest absolute Gasteiger partial charge is 0.351 e. The number of hydrazine groups is 1. The largest absolute Gasteiger partial charge is 0.416 e. The molecule has 0 bridgehead atoms. The number of nitrogens with zero attached hydrogens (tertiary/aromatic N) is 1. The van der Waals surface area contributed by atoms with Crippen LogP contribution in [-0.2, 0) is 12.4 Å². The van der Waals surface area contributed by atoms with Gasteiger partial charge in [0.1, 0.15) is 5.82 Å². The first-order chi connectivity index (χ1) is 15.3. The van der Waals surface area contributed by atoms with E-state index >= 15 is 0 Å². The standard InChI is InChI=1S/C20H12F7IN4O/c21-15-8-12(28)1-2-16(15)30-17-9-29-4-3-14(17)18(33)32-31-13-6-10(19(22,23)24)5-11(7-13)20(25,26)27/h1-9,30-31H,(H,32,33). The Labute approximate surface area is 195 Å². The number of rotatable bonds is 5. The Morgan fingerprint density at radius 3 is 2.09 bits per heavy atom. The van der Waals surface area contributed by atoms with Crippen molar-refractivity contribution in [3.63, 3.8) is 0 Å². The summed E-state index contributed by atoms with van der Waals surface area (Å²) in [6.07, 6.45) is -7.64. The van der Waals surface area contributed by atoms with E-state index in [1.807, 2.05) is 28.0 Å². The first-order valence-electron chi connectivity index (χ1n) is 8.86. The molecule has 1 amide bonds. The van der Waals surface area contributed by atoms with Gasteiger partial charge in [0.05, 0.1) is 39.9 Å². The summed E-state index contributed by atoms with van der Waals surface area (Å²) in [5.41, 5.74) is 0.337. The monoisotopic (exact) mass is 584 g/mol. The van der Waals surface area contributed by atoms with Gasteiger partial charge in [0.15, 0.2) is 0 Å². The van der Waals surface area contributed by atoms with Gasteiger partial charge in [-0.05, 0) is 65.1 Å². The number of anilines is 3. The van der Waals surface area contributed by atoms with E-state index in [2.05, 4.69) is 15.7 Å². The van der Waals surface area contributed by atoms with Gasteiger partial charge in [-0.2, -0.15) is 26.3 Å². The van der Waals surface area contributed by atoms with Gasteiger partial charge in [-0.15, -0.1) is 0 Å². The first kappa shape index (κ1) is 24.5. The normalized spacial score (nSPS) is 11.8. The molecule has 3 rings (SSSR count). The van der Waals surface area contributed by atoms with Crippen molar-refractivity contribution in [2.24, 2.45) is 0 Å². The molecule has 0 aliphatic carbocycles. The second-order valence-corrected chi connectivity index (χ2v) is 7.79. The lowest BCUT2D eigenvalue weighted by Gasteiger charge is -2.16. The van der Waals surface area contributed by atoms with Gasteiger partial charge in [-0.25, -0.2) is 4.39 Å². The molecular weight excluding hydrogens is 572 g/mol. The number of amides is 1. The maximum Gasteiger partial charge on any atom is 0.416 e. The second-order valence-electron chi connectivity index (χ2n) is 6.54. The summed E-state index contributed by atoms with van der Waals surface area (Å²) in [6.45, 7) is 0. The summed E-state index contributed by atoms with van der Waals surface area (Å²) in [6, 6.07) is 6.31. The molecule has 1 aromatic heterocycles. The molecule has 2 aromatic carbocycles. The van der Waals surface area contributed by atoms with E-state index in [4.69, 9.17) is 0 Å². The summed E-state index contributed by atoms with van der Waals surface area (Å²) < 4.78 is 92.7. The Hall–Kier alpha value is -3.10. The molecule has 0 unspecified atom stereocenters. The zero-order valence-corrected chi connectivity index (χ0v) is 18.2. The third kappa shape index (κ3) is 6.24. The van der Waals surface area contributed by atoms with E-state index in [0.717, 1.165) is 0 Å². The molecule has 0 atom stereocenters. The van der Waals surface area contributed by atoms with Crippen molar-refractivity contribution in [1.29, 1.82) is 0 Å². The molecule has 174 valence electrons. The molecule has 3 aromatic rings. The number of hydrogen-bond donors (Lipinski definition) is 3. The zero-order chi connectivity index (χ0) is 24.4. The fraction of sp³-hybridized carbons (Fsp3) is 0.100. The number of benzene rings is 2. The lowest BCUT2D eigenvalue weighted by molar-refractivity contribution is -0.143. The number of nitrogens with one attached hydrogen (secondary N) is 3. The average Bonchev–Trinajstić information content (AvgIpc) is 2.73. The Morgan fingerprint density at radius 2 is 1.52 bits per heavy atom. The van der Waals surface area contributed by atoms with Crippen molar-refractivity contribution in [1.82, 2.24) is 10.4 Å². The van der Waals surface area contributed by atoms with Gasteiger partial charge in [0, 0.05) is 9.77 Å². The maximum atomic E-state index is 14.1. The third-order valence-corrected chi connectivity index (χ3v) is 4.85. The van der Waals surface area contributed by atoms with Crippen molar-refractivity contribution >= 4 is 45.6 Å². The molecule has 0 radical (unpaired) electrons. The minimum atomic E-state index is -5.04. The molecule has 0 saturated heterocycles.